The highest BCUT2D eigenvalue weighted by molar-refractivity contribution is 5.86. The number of carbonyl (C=O) groups is 1. The van der Waals surface area contributed by atoms with Crippen LogP contribution in [0.5, 0.6) is 0 Å². The standard InChI is InChI=1S/C12H19NO3/c1-2-9(12(14)15)5-6-13-7-10-3-4-11(8-13)16-10/h5,10-11H,2-4,6-8H2,1H3,(H,14,15). The molecule has 0 radical (unpaired) electrons. The van der Waals surface area contributed by atoms with Gasteiger partial charge in [0.25, 0.3) is 0 Å². The van der Waals surface area contributed by atoms with Gasteiger partial charge in [-0.1, -0.05) is 13.0 Å². The summed E-state index contributed by atoms with van der Waals surface area (Å²) in [6.45, 7) is 4.52. The summed E-state index contributed by atoms with van der Waals surface area (Å²) in [6, 6.07) is 0. The Morgan fingerprint density at radius 1 is 1.44 bits per heavy atom. The molecule has 0 spiro atoms. The third kappa shape index (κ3) is 2.62. The lowest BCUT2D eigenvalue weighted by atomic mass is 10.2. The molecule has 0 aromatic rings. The van der Waals surface area contributed by atoms with Gasteiger partial charge in [0.2, 0.25) is 0 Å². The number of nitrogens with zero attached hydrogens (tertiary/aromatic N) is 1. The molecule has 0 aliphatic carbocycles. The molecule has 1 N–H and O–H groups in total. The molecule has 2 saturated heterocycles. The maximum atomic E-state index is 10.8. The monoisotopic (exact) mass is 225 g/mol. The van der Waals surface area contributed by atoms with Crippen LogP contribution in [-0.2, 0) is 9.53 Å². The molecular formula is C12H19NO3. The first kappa shape index (κ1) is 11.6. The van der Waals surface area contributed by atoms with Gasteiger partial charge in [-0.2, -0.15) is 0 Å². The molecule has 90 valence electrons. The minimum absolute atomic E-state index is 0.377. The number of ether oxygens (including phenoxy) is 1. The second-order valence-electron chi connectivity index (χ2n) is 4.56. The number of carboxylic acid groups (broad SMARTS) is 1. The van der Waals surface area contributed by atoms with E-state index in [9.17, 15) is 4.79 Å². The number of morpholine rings is 1. The number of likely N-dealkylation sites (tertiary alicyclic amines) is 1. The van der Waals surface area contributed by atoms with Crippen molar-refractivity contribution < 1.29 is 14.6 Å². The quantitative estimate of drug-likeness (QED) is 0.732. The predicted octanol–water partition coefficient (Wildman–Crippen LogP) is 1.27. The molecule has 0 amide bonds. The van der Waals surface area contributed by atoms with Crippen molar-refractivity contribution >= 4 is 5.97 Å². The first-order valence-corrected chi connectivity index (χ1v) is 5.99. The first-order chi connectivity index (χ1) is 7.69. The lowest BCUT2D eigenvalue weighted by Crippen LogP contribution is -2.42. The molecule has 2 bridgehead atoms. The summed E-state index contributed by atoms with van der Waals surface area (Å²) in [4.78, 5) is 13.1. The molecule has 2 unspecified atom stereocenters. The summed E-state index contributed by atoms with van der Waals surface area (Å²) in [7, 11) is 0. The molecule has 2 heterocycles. The highest BCUT2D eigenvalue weighted by Crippen LogP contribution is 2.26. The molecular weight excluding hydrogens is 206 g/mol. The second-order valence-corrected chi connectivity index (χ2v) is 4.56. The Labute approximate surface area is 95.9 Å². The largest absolute Gasteiger partial charge is 0.478 e. The van der Waals surface area contributed by atoms with E-state index in [-0.39, 0.29) is 0 Å². The Kier molecular flexibility index (Phi) is 3.61. The number of rotatable bonds is 4. The van der Waals surface area contributed by atoms with Gasteiger partial charge in [0.1, 0.15) is 0 Å². The SMILES string of the molecule is CCC(=CCN1CC2CCC(C1)O2)C(=O)O. The molecule has 2 aliphatic heterocycles. The summed E-state index contributed by atoms with van der Waals surface area (Å²) in [6.07, 6.45) is 5.50. The first-order valence-electron chi connectivity index (χ1n) is 5.99. The fourth-order valence-corrected chi connectivity index (χ4v) is 2.47. The fourth-order valence-electron chi connectivity index (χ4n) is 2.47. The molecule has 0 aromatic carbocycles. The summed E-state index contributed by atoms with van der Waals surface area (Å²) in [5.74, 6) is -0.793. The third-order valence-electron chi connectivity index (χ3n) is 3.37. The topological polar surface area (TPSA) is 49.8 Å². The van der Waals surface area contributed by atoms with E-state index in [1.54, 1.807) is 0 Å². The Bertz CT molecular complexity index is 289. The average Bonchev–Trinajstić information content (AvgIpc) is 2.58. The van der Waals surface area contributed by atoms with Gasteiger partial charge in [0, 0.05) is 25.2 Å². The molecule has 2 aliphatic rings. The highest BCUT2D eigenvalue weighted by Gasteiger charge is 2.33. The van der Waals surface area contributed by atoms with Crippen molar-refractivity contribution in [3.8, 4) is 0 Å². The maximum Gasteiger partial charge on any atom is 0.331 e. The zero-order chi connectivity index (χ0) is 11.5. The smallest absolute Gasteiger partial charge is 0.331 e. The van der Waals surface area contributed by atoms with E-state index in [1.807, 2.05) is 13.0 Å². The van der Waals surface area contributed by atoms with Crippen LogP contribution in [0.3, 0.4) is 0 Å². The number of hydrogen-bond acceptors (Lipinski definition) is 3. The molecule has 0 saturated carbocycles. The summed E-state index contributed by atoms with van der Waals surface area (Å²) in [5.41, 5.74) is 0.513. The van der Waals surface area contributed by atoms with Crippen molar-refractivity contribution in [3.63, 3.8) is 0 Å². The van der Waals surface area contributed by atoms with E-state index < -0.39 is 5.97 Å². The molecule has 2 atom stereocenters. The van der Waals surface area contributed by atoms with Crippen molar-refractivity contribution in [1.29, 1.82) is 0 Å². The van der Waals surface area contributed by atoms with Crippen LogP contribution in [-0.4, -0.2) is 47.8 Å². The van der Waals surface area contributed by atoms with E-state index in [4.69, 9.17) is 9.84 Å². The van der Waals surface area contributed by atoms with E-state index in [0.29, 0.717) is 24.2 Å². The number of aliphatic carboxylic acids is 1. The second kappa shape index (κ2) is 4.97. The Morgan fingerprint density at radius 2 is 2.06 bits per heavy atom. The van der Waals surface area contributed by atoms with E-state index in [0.717, 1.165) is 32.5 Å². The van der Waals surface area contributed by atoms with Gasteiger partial charge in [-0.05, 0) is 19.3 Å². The number of carboxylic acids is 1. The van der Waals surface area contributed by atoms with Gasteiger partial charge >= 0.3 is 5.97 Å². The minimum Gasteiger partial charge on any atom is -0.478 e. The van der Waals surface area contributed by atoms with Crippen LogP contribution < -0.4 is 0 Å². The van der Waals surface area contributed by atoms with Gasteiger partial charge in [-0.3, -0.25) is 4.90 Å². The molecule has 0 aromatic heterocycles. The van der Waals surface area contributed by atoms with Crippen LogP contribution in [0, 0.1) is 0 Å². The normalized spacial score (nSPS) is 30.7. The molecule has 16 heavy (non-hydrogen) atoms. The van der Waals surface area contributed by atoms with Gasteiger partial charge in [0.15, 0.2) is 0 Å². The van der Waals surface area contributed by atoms with Crippen molar-refractivity contribution in [2.45, 2.75) is 38.4 Å². The lowest BCUT2D eigenvalue weighted by molar-refractivity contribution is -0.132. The summed E-state index contributed by atoms with van der Waals surface area (Å²) in [5, 5.41) is 8.91. The van der Waals surface area contributed by atoms with Gasteiger partial charge in [-0.15, -0.1) is 0 Å². The molecule has 4 heteroatoms. The zero-order valence-electron chi connectivity index (χ0n) is 9.69. The van der Waals surface area contributed by atoms with Crippen LogP contribution in [0.2, 0.25) is 0 Å². The summed E-state index contributed by atoms with van der Waals surface area (Å²) < 4.78 is 5.73. The van der Waals surface area contributed by atoms with E-state index in [2.05, 4.69) is 4.90 Å². The molecule has 4 nitrogen and oxygen atoms in total. The Balaban J connectivity index is 1.88. The van der Waals surface area contributed by atoms with E-state index >= 15 is 0 Å². The van der Waals surface area contributed by atoms with Crippen LogP contribution in [0.4, 0.5) is 0 Å². The van der Waals surface area contributed by atoms with Crippen LogP contribution in [0.15, 0.2) is 11.6 Å². The van der Waals surface area contributed by atoms with Crippen molar-refractivity contribution in [3.05, 3.63) is 11.6 Å². The van der Waals surface area contributed by atoms with Crippen molar-refractivity contribution in [2.24, 2.45) is 0 Å². The van der Waals surface area contributed by atoms with E-state index in [1.165, 1.54) is 0 Å². The zero-order valence-corrected chi connectivity index (χ0v) is 9.69. The highest BCUT2D eigenvalue weighted by atomic mass is 16.5. The molecule has 2 rings (SSSR count). The maximum absolute atomic E-state index is 10.8. The number of fused-ring (bicyclic) bond motifs is 2. The Hall–Kier alpha value is -0.870. The van der Waals surface area contributed by atoms with Crippen LogP contribution in [0.1, 0.15) is 26.2 Å². The lowest BCUT2D eigenvalue weighted by Gasteiger charge is -2.31. The van der Waals surface area contributed by atoms with Gasteiger partial charge in [-0.25, -0.2) is 4.79 Å². The van der Waals surface area contributed by atoms with Crippen LogP contribution >= 0.6 is 0 Å². The summed E-state index contributed by atoms with van der Waals surface area (Å²) >= 11 is 0. The third-order valence-corrected chi connectivity index (χ3v) is 3.37. The van der Waals surface area contributed by atoms with Crippen molar-refractivity contribution in [2.75, 3.05) is 19.6 Å². The van der Waals surface area contributed by atoms with Gasteiger partial charge in [0.05, 0.1) is 12.2 Å². The number of hydrogen-bond donors (Lipinski definition) is 1. The fraction of sp³-hybridized carbons (Fsp3) is 0.750. The van der Waals surface area contributed by atoms with Gasteiger partial charge < -0.3 is 9.84 Å². The Morgan fingerprint density at radius 3 is 2.56 bits per heavy atom. The van der Waals surface area contributed by atoms with Crippen LogP contribution in [0.25, 0.3) is 0 Å². The van der Waals surface area contributed by atoms with Crippen molar-refractivity contribution in [1.82, 2.24) is 4.90 Å². The minimum atomic E-state index is -0.793. The molecule has 2 fully saturated rings. The predicted molar refractivity (Wildman–Crippen MR) is 60.3 cm³/mol. The average molecular weight is 225 g/mol.